The van der Waals surface area contributed by atoms with E-state index in [1.165, 1.54) is 0 Å². The van der Waals surface area contributed by atoms with Gasteiger partial charge in [0.05, 0.1) is 7.11 Å². The summed E-state index contributed by atoms with van der Waals surface area (Å²) in [7, 11) is 1.63. The van der Waals surface area contributed by atoms with Crippen LogP contribution in [0.4, 0.5) is 0 Å². The second-order valence-corrected chi connectivity index (χ2v) is 5.82. The Morgan fingerprint density at radius 3 is 2.57 bits per heavy atom. The summed E-state index contributed by atoms with van der Waals surface area (Å²) in [6.07, 6.45) is 0. The van der Waals surface area contributed by atoms with Gasteiger partial charge in [-0.05, 0) is 45.9 Å². The first-order valence-electron chi connectivity index (χ1n) is 7.17. The first kappa shape index (κ1) is 17.3. The number of amides is 1. The molecule has 0 aliphatic carbocycles. The molecule has 1 amide bonds. The lowest BCUT2D eigenvalue weighted by Gasteiger charge is -2.22. The van der Waals surface area contributed by atoms with Crippen molar-refractivity contribution in [3.63, 3.8) is 0 Å². The first-order chi connectivity index (χ1) is 9.85. The van der Waals surface area contributed by atoms with Crippen molar-refractivity contribution in [1.82, 2.24) is 10.6 Å². The summed E-state index contributed by atoms with van der Waals surface area (Å²) in [5.41, 5.74) is 0.966. The van der Waals surface area contributed by atoms with E-state index in [9.17, 15) is 4.79 Å². The average molecular weight is 294 g/mol. The normalized spacial score (nSPS) is 11.1. The van der Waals surface area contributed by atoms with E-state index in [2.05, 4.69) is 31.4 Å². The zero-order valence-corrected chi connectivity index (χ0v) is 13.6. The highest BCUT2D eigenvalue weighted by atomic mass is 16.5. The SMILES string of the molecule is CCNC(=O)COc1ccc(OC)cc1CNC(C)(C)C. The van der Waals surface area contributed by atoms with Crippen LogP contribution in [0, 0.1) is 0 Å². The third kappa shape index (κ3) is 6.49. The molecule has 0 aliphatic rings. The lowest BCUT2D eigenvalue weighted by atomic mass is 10.1. The molecule has 1 rings (SSSR count). The van der Waals surface area contributed by atoms with Crippen LogP contribution < -0.4 is 20.1 Å². The van der Waals surface area contributed by atoms with Crippen LogP contribution in [0.1, 0.15) is 33.3 Å². The number of carbonyl (C=O) groups is 1. The monoisotopic (exact) mass is 294 g/mol. The van der Waals surface area contributed by atoms with Gasteiger partial charge in [0.1, 0.15) is 11.5 Å². The van der Waals surface area contributed by atoms with Crippen LogP contribution in [0.3, 0.4) is 0 Å². The van der Waals surface area contributed by atoms with E-state index < -0.39 is 0 Å². The number of hydrogen-bond acceptors (Lipinski definition) is 4. The molecule has 118 valence electrons. The maximum atomic E-state index is 11.5. The molecule has 2 N–H and O–H groups in total. The molecule has 5 heteroatoms. The topological polar surface area (TPSA) is 59.6 Å². The summed E-state index contributed by atoms with van der Waals surface area (Å²) >= 11 is 0. The molecule has 0 radical (unpaired) electrons. The molecule has 1 aromatic carbocycles. The number of ether oxygens (including phenoxy) is 2. The fraction of sp³-hybridized carbons (Fsp3) is 0.562. The third-order valence-electron chi connectivity index (χ3n) is 2.81. The van der Waals surface area contributed by atoms with E-state index in [0.717, 1.165) is 11.3 Å². The van der Waals surface area contributed by atoms with Crippen molar-refractivity contribution in [1.29, 1.82) is 0 Å². The van der Waals surface area contributed by atoms with Crippen molar-refractivity contribution in [3.8, 4) is 11.5 Å². The van der Waals surface area contributed by atoms with Gasteiger partial charge < -0.3 is 20.1 Å². The van der Waals surface area contributed by atoms with E-state index >= 15 is 0 Å². The standard InChI is InChI=1S/C16H26N2O3/c1-6-17-15(19)11-21-14-8-7-13(20-5)9-12(14)10-18-16(2,3)4/h7-9,18H,6,10-11H2,1-5H3,(H,17,19). The van der Waals surface area contributed by atoms with Crippen molar-refractivity contribution in [2.75, 3.05) is 20.3 Å². The van der Waals surface area contributed by atoms with E-state index in [4.69, 9.17) is 9.47 Å². The van der Waals surface area contributed by atoms with Crippen LogP contribution in [0.5, 0.6) is 11.5 Å². The molecule has 0 spiro atoms. The molecule has 0 aliphatic heterocycles. The third-order valence-corrected chi connectivity index (χ3v) is 2.81. The number of benzene rings is 1. The first-order valence-corrected chi connectivity index (χ1v) is 7.17. The number of hydrogen-bond donors (Lipinski definition) is 2. The van der Waals surface area contributed by atoms with Crippen molar-refractivity contribution in [3.05, 3.63) is 23.8 Å². The summed E-state index contributed by atoms with van der Waals surface area (Å²) < 4.78 is 10.9. The molecule has 0 fully saturated rings. The number of rotatable bonds is 7. The molecule has 5 nitrogen and oxygen atoms in total. The van der Waals surface area contributed by atoms with Gasteiger partial charge in [0.25, 0.3) is 5.91 Å². The quantitative estimate of drug-likeness (QED) is 0.808. The molecule has 0 heterocycles. The van der Waals surface area contributed by atoms with Crippen LogP contribution in [-0.4, -0.2) is 31.7 Å². The summed E-state index contributed by atoms with van der Waals surface area (Å²) in [6, 6.07) is 5.58. The lowest BCUT2D eigenvalue weighted by Crippen LogP contribution is -2.35. The van der Waals surface area contributed by atoms with Crippen molar-refractivity contribution in [2.45, 2.75) is 39.8 Å². The molecular weight excluding hydrogens is 268 g/mol. The smallest absolute Gasteiger partial charge is 0.257 e. The van der Waals surface area contributed by atoms with E-state index in [1.807, 2.05) is 25.1 Å². The number of likely N-dealkylation sites (N-methyl/N-ethyl adjacent to an activating group) is 1. The molecule has 0 saturated heterocycles. The Balaban J connectivity index is 2.78. The largest absolute Gasteiger partial charge is 0.497 e. The highest BCUT2D eigenvalue weighted by Crippen LogP contribution is 2.24. The summed E-state index contributed by atoms with van der Waals surface area (Å²) in [4.78, 5) is 11.5. The van der Waals surface area contributed by atoms with Crippen LogP contribution in [0.25, 0.3) is 0 Å². The average Bonchev–Trinajstić information content (AvgIpc) is 2.42. The number of nitrogens with one attached hydrogen (secondary N) is 2. The van der Waals surface area contributed by atoms with Gasteiger partial charge in [0, 0.05) is 24.2 Å². The maximum Gasteiger partial charge on any atom is 0.257 e. The second kappa shape index (κ2) is 7.88. The molecular formula is C16H26N2O3. The molecule has 0 atom stereocenters. The Hall–Kier alpha value is -1.75. The Morgan fingerprint density at radius 2 is 2.00 bits per heavy atom. The van der Waals surface area contributed by atoms with Crippen LogP contribution in [-0.2, 0) is 11.3 Å². The van der Waals surface area contributed by atoms with Crippen molar-refractivity contribution >= 4 is 5.91 Å². The summed E-state index contributed by atoms with van der Waals surface area (Å²) in [5.74, 6) is 1.34. The predicted octanol–water partition coefficient (Wildman–Crippen LogP) is 2.10. The van der Waals surface area contributed by atoms with Gasteiger partial charge in [0.2, 0.25) is 0 Å². The summed E-state index contributed by atoms with van der Waals surface area (Å²) in [6.45, 7) is 9.44. The zero-order valence-electron chi connectivity index (χ0n) is 13.6. The predicted molar refractivity (Wildman–Crippen MR) is 83.8 cm³/mol. The fourth-order valence-corrected chi connectivity index (χ4v) is 1.71. The Morgan fingerprint density at radius 1 is 1.29 bits per heavy atom. The summed E-state index contributed by atoms with van der Waals surface area (Å²) in [5, 5.41) is 6.12. The van der Waals surface area contributed by atoms with Crippen LogP contribution in [0.2, 0.25) is 0 Å². The molecule has 1 aromatic rings. The number of carbonyl (C=O) groups excluding carboxylic acids is 1. The zero-order chi connectivity index (χ0) is 15.9. The molecule has 0 bridgehead atoms. The van der Waals surface area contributed by atoms with Gasteiger partial charge >= 0.3 is 0 Å². The van der Waals surface area contributed by atoms with Crippen molar-refractivity contribution in [2.24, 2.45) is 0 Å². The number of methoxy groups -OCH3 is 1. The molecule has 0 saturated carbocycles. The van der Waals surface area contributed by atoms with E-state index in [-0.39, 0.29) is 18.1 Å². The van der Waals surface area contributed by atoms with Gasteiger partial charge in [-0.3, -0.25) is 4.79 Å². The lowest BCUT2D eigenvalue weighted by molar-refractivity contribution is -0.122. The second-order valence-electron chi connectivity index (χ2n) is 5.82. The minimum atomic E-state index is -0.122. The Labute approximate surface area is 127 Å². The molecule has 0 unspecified atom stereocenters. The Bertz CT molecular complexity index is 467. The Kier molecular flexibility index (Phi) is 6.49. The van der Waals surface area contributed by atoms with Gasteiger partial charge in [-0.2, -0.15) is 0 Å². The minimum absolute atomic E-state index is 0.0000673. The fourth-order valence-electron chi connectivity index (χ4n) is 1.71. The van der Waals surface area contributed by atoms with E-state index in [1.54, 1.807) is 7.11 Å². The highest BCUT2D eigenvalue weighted by molar-refractivity contribution is 5.77. The minimum Gasteiger partial charge on any atom is -0.497 e. The van der Waals surface area contributed by atoms with Crippen LogP contribution >= 0.6 is 0 Å². The highest BCUT2D eigenvalue weighted by Gasteiger charge is 2.13. The van der Waals surface area contributed by atoms with Gasteiger partial charge in [-0.1, -0.05) is 0 Å². The van der Waals surface area contributed by atoms with Gasteiger partial charge in [-0.15, -0.1) is 0 Å². The van der Waals surface area contributed by atoms with Gasteiger partial charge in [-0.25, -0.2) is 0 Å². The maximum absolute atomic E-state index is 11.5. The molecule has 21 heavy (non-hydrogen) atoms. The van der Waals surface area contributed by atoms with Crippen molar-refractivity contribution < 1.29 is 14.3 Å². The van der Waals surface area contributed by atoms with Crippen LogP contribution in [0.15, 0.2) is 18.2 Å². The molecule has 0 aromatic heterocycles. The van der Waals surface area contributed by atoms with Gasteiger partial charge in [0.15, 0.2) is 6.61 Å². The van der Waals surface area contributed by atoms with E-state index in [0.29, 0.717) is 18.8 Å².